The van der Waals surface area contributed by atoms with Crippen molar-refractivity contribution in [3.05, 3.63) is 16.6 Å². The van der Waals surface area contributed by atoms with Crippen molar-refractivity contribution in [2.24, 2.45) is 0 Å². The molecule has 1 aromatic heterocycles. The van der Waals surface area contributed by atoms with Gasteiger partial charge in [0.1, 0.15) is 0 Å². The lowest BCUT2D eigenvalue weighted by Crippen LogP contribution is -1.95. The molecule has 0 bridgehead atoms. The third kappa shape index (κ3) is 1.05. The third-order valence-electron chi connectivity index (χ3n) is 1.91. The molecule has 1 heterocycles. The van der Waals surface area contributed by atoms with Gasteiger partial charge in [0.05, 0.1) is 5.69 Å². The number of anilines is 1. The second-order valence-corrected chi connectivity index (χ2v) is 3.90. The van der Waals surface area contributed by atoms with E-state index in [0.717, 1.165) is 12.1 Å². The number of rotatable bonds is 0. The van der Waals surface area contributed by atoms with Crippen LogP contribution in [0.4, 0.5) is 5.13 Å². The Morgan fingerprint density at radius 3 is 3.27 bits per heavy atom. The van der Waals surface area contributed by atoms with Crippen molar-refractivity contribution in [3.63, 3.8) is 0 Å². The van der Waals surface area contributed by atoms with Crippen LogP contribution in [-0.4, -0.2) is 4.98 Å². The van der Waals surface area contributed by atoms with Gasteiger partial charge in [-0.05, 0) is 18.4 Å². The van der Waals surface area contributed by atoms with Crippen molar-refractivity contribution < 1.29 is 0 Å². The molecule has 1 aliphatic rings. The maximum atomic E-state index is 5.59. The monoisotopic (exact) mass is 166 g/mol. The normalized spacial score (nSPS) is 21.7. The molecule has 0 amide bonds. The van der Waals surface area contributed by atoms with Gasteiger partial charge in [-0.2, -0.15) is 0 Å². The minimum absolute atomic E-state index is 0.602. The fraction of sp³-hybridized carbons (Fsp3) is 0.375. The number of nitrogens with two attached hydrogens (primary N) is 1. The van der Waals surface area contributed by atoms with E-state index in [-0.39, 0.29) is 0 Å². The third-order valence-corrected chi connectivity index (χ3v) is 3.04. The Morgan fingerprint density at radius 2 is 2.55 bits per heavy atom. The van der Waals surface area contributed by atoms with Crippen molar-refractivity contribution in [2.75, 3.05) is 5.73 Å². The maximum Gasteiger partial charge on any atom is 0.180 e. The Kier molecular flexibility index (Phi) is 1.46. The molecule has 0 spiro atoms. The average molecular weight is 166 g/mol. The Labute approximate surface area is 69.8 Å². The van der Waals surface area contributed by atoms with Gasteiger partial charge < -0.3 is 5.73 Å². The average Bonchev–Trinajstić information content (AvgIpc) is 2.31. The van der Waals surface area contributed by atoms with Gasteiger partial charge in [0.25, 0.3) is 0 Å². The zero-order valence-electron chi connectivity index (χ0n) is 6.37. The maximum absolute atomic E-state index is 5.59. The molecule has 0 fully saturated rings. The summed E-state index contributed by atoms with van der Waals surface area (Å²) >= 11 is 1.61. The van der Waals surface area contributed by atoms with Gasteiger partial charge in [-0.1, -0.05) is 13.0 Å². The predicted molar refractivity (Wildman–Crippen MR) is 48.6 cm³/mol. The van der Waals surface area contributed by atoms with Gasteiger partial charge >= 0.3 is 0 Å². The van der Waals surface area contributed by atoms with Crippen molar-refractivity contribution >= 4 is 22.5 Å². The first-order valence-electron chi connectivity index (χ1n) is 3.70. The topological polar surface area (TPSA) is 38.9 Å². The summed E-state index contributed by atoms with van der Waals surface area (Å²) in [6.07, 6.45) is 5.34. The number of allylic oxidation sites excluding steroid dienone is 1. The molecule has 2 rings (SSSR count). The van der Waals surface area contributed by atoms with Gasteiger partial charge in [-0.25, -0.2) is 4.98 Å². The molecule has 58 valence electrons. The smallest absolute Gasteiger partial charge is 0.180 e. The molecular formula is C8H10N2S. The molecule has 11 heavy (non-hydrogen) atoms. The number of thiazole rings is 1. The second kappa shape index (κ2) is 2.34. The lowest BCUT2D eigenvalue weighted by atomic mass is 10.00. The highest BCUT2D eigenvalue weighted by atomic mass is 32.1. The molecule has 1 unspecified atom stereocenters. The zero-order valence-corrected chi connectivity index (χ0v) is 7.19. The number of aromatic nitrogens is 1. The quantitative estimate of drug-likeness (QED) is 0.642. The summed E-state index contributed by atoms with van der Waals surface area (Å²) in [6, 6.07) is 0. The second-order valence-electron chi connectivity index (χ2n) is 2.84. The zero-order chi connectivity index (χ0) is 7.84. The molecule has 3 heteroatoms. The lowest BCUT2D eigenvalue weighted by molar-refractivity contribution is 0.785. The van der Waals surface area contributed by atoms with Gasteiger partial charge in [-0.3, -0.25) is 0 Å². The van der Waals surface area contributed by atoms with Crippen LogP contribution in [0.3, 0.4) is 0 Å². The highest BCUT2D eigenvalue weighted by molar-refractivity contribution is 7.15. The van der Waals surface area contributed by atoms with Crippen LogP contribution in [0.2, 0.25) is 0 Å². The van der Waals surface area contributed by atoms with E-state index in [4.69, 9.17) is 5.73 Å². The molecule has 1 atom stereocenters. The number of hydrogen-bond acceptors (Lipinski definition) is 3. The van der Waals surface area contributed by atoms with Crippen molar-refractivity contribution in [3.8, 4) is 0 Å². The summed E-state index contributed by atoms with van der Waals surface area (Å²) in [4.78, 5) is 5.55. The number of fused-ring (bicyclic) bond motifs is 1. The molecule has 1 aromatic rings. The Balaban J connectivity index is 2.53. The molecule has 2 N–H and O–H groups in total. The molecular weight excluding hydrogens is 156 g/mol. The number of nitrogens with zero attached hydrogens (tertiary/aromatic N) is 1. The molecule has 0 saturated carbocycles. The van der Waals surface area contributed by atoms with Crippen LogP contribution in [0.15, 0.2) is 6.08 Å². The van der Waals surface area contributed by atoms with Crippen LogP contribution in [0.25, 0.3) is 6.08 Å². The summed E-state index contributed by atoms with van der Waals surface area (Å²) in [7, 11) is 0. The first-order chi connectivity index (χ1) is 5.27. The molecule has 0 saturated heterocycles. The Bertz CT molecular complexity index is 301. The van der Waals surface area contributed by atoms with E-state index in [1.165, 1.54) is 4.88 Å². The molecule has 0 radical (unpaired) electrons. The van der Waals surface area contributed by atoms with E-state index < -0.39 is 0 Å². The summed E-state index contributed by atoms with van der Waals surface area (Å²) in [6.45, 7) is 2.21. The fourth-order valence-corrected chi connectivity index (χ4v) is 2.21. The minimum atomic E-state index is 0.602. The summed E-state index contributed by atoms with van der Waals surface area (Å²) < 4.78 is 0. The largest absolute Gasteiger partial charge is 0.375 e. The summed E-state index contributed by atoms with van der Waals surface area (Å²) in [5, 5.41) is 0.688. The van der Waals surface area contributed by atoms with Crippen LogP contribution in [0, 0.1) is 0 Å². The Morgan fingerprint density at radius 1 is 1.73 bits per heavy atom. The fourth-order valence-electron chi connectivity index (χ4n) is 1.32. The van der Waals surface area contributed by atoms with E-state index in [9.17, 15) is 0 Å². The standard InChI is InChI=1S/C8H10N2S/c1-5-3-2-4-6-7(5)11-8(9)10-6/h2,4-5H,3H2,1H3,(H2,9,10). The van der Waals surface area contributed by atoms with Crippen LogP contribution in [0.5, 0.6) is 0 Å². The molecule has 1 aliphatic carbocycles. The van der Waals surface area contributed by atoms with E-state index >= 15 is 0 Å². The van der Waals surface area contributed by atoms with E-state index in [1.807, 2.05) is 0 Å². The van der Waals surface area contributed by atoms with Gasteiger partial charge in [-0.15, -0.1) is 11.3 Å². The molecule has 0 aliphatic heterocycles. The summed E-state index contributed by atoms with van der Waals surface area (Å²) in [5.41, 5.74) is 6.67. The molecule has 0 aromatic carbocycles. The van der Waals surface area contributed by atoms with Crippen molar-refractivity contribution in [1.29, 1.82) is 0 Å². The predicted octanol–water partition coefficient (Wildman–Crippen LogP) is 2.25. The first kappa shape index (κ1) is 6.85. The number of nitrogen functional groups attached to an aromatic ring is 1. The first-order valence-corrected chi connectivity index (χ1v) is 4.52. The van der Waals surface area contributed by atoms with Crippen molar-refractivity contribution in [1.82, 2.24) is 4.98 Å². The van der Waals surface area contributed by atoms with Crippen LogP contribution < -0.4 is 5.73 Å². The summed E-state index contributed by atoms with van der Waals surface area (Å²) in [5.74, 6) is 0.602. The van der Waals surface area contributed by atoms with Crippen LogP contribution >= 0.6 is 11.3 Å². The van der Waals surface area contributed by atoms with Crippen molar-refractivity contribution in [2.45, 2.75) is 19.3 Å². The van der Waals surface area contributed by atoms with E-state index in [0.29, 0.717) is 11.0 Å². The Hall–Kier alpha value is -0.830. The highest BCUT2D eigenvalue weighted by Crippen LogP contribution is 2.34. The molecule has 2 nitrogen and oxygen atoms in total. The van der Waals surface area contributed by atoms with Crippen LogP contribution in [0.1, 0.15) is 29.8 Å². The van der Waals surface area contributed by atoms with E-state index in [1.54, 1.807) is 11.3 Å². The minimum Gasteiger partial charge on any atom is -0.375 e. The van der Waals surface area contributed by atoms with Gasteiger partial charge in [0, 0.05) is 4.88 Å². The van der Waals surface area contributed by atoms with Gasteiger partial charge in [0.2, 0.25) is 0 Å². The lowest BCUT2D eigenvalue weighted by Gasteiger charge is -2.10. The van der Waals surface area contributed by atoms with Gasteiger partial charge in [0.15, 0.2) is 5.13 Å². The van der Waals surface area contributed by atoms with Crippen LogP contribution in [-0.2, 0) is 0 Å². The number of hydrogen-bond donors (Lipinski definition) is 1. The van der Waals surface area contributed by atoms with E-state index in [2.05, 4.69) is 24.1 Å². The SMILES string of the molecule is CC1CC=Cc2nc(N)sc21. The highest BCUT2D eigenvalue weighted by Gasteiger charge is 2.16.